The molecular formula is C25H35N3O6S. The van der Waals surface area contributed by atoms with E-state index >= 15 is 0 Å². The van der Waals surface area contributed by atoms with E-state index in [4.69, 9.17) is 9.47 Å². The second kappa shape index (κ2) is 10.8. The Bertz CT molecular complexity index is 1140. The van der Waals surface area contributed by atoms with E-state index in [2.05, 4.69) is 0 Å². The van der Waals surface area contributed by atoms with Crippen LogP contribution in [0.15, 0.2) is 47.4 Å². The van der Waals surface area contributed by atoms with Crippen molar-refractivity contribution in [2.45, 2.75) is 30.9 Å². The van der Waals surface area contributed by atoms with Gasteiger partial charge >= 0.3 is 0 Å². The first-order valence-corrected chi connectivity index (χ1v) is 12.9. The maximum atomic E-state index is 13.4. The lowest BCUT2D eigenvalue weighted by atomic mass is 9.99. The molecule has 1 amide bonds. The van der Waals surface area contributed by atoms with E-state index < -0.39 is 22.2 Å². The summed E-state index contributed by atoms with van der Waals surface area (Å²) in [4.78, 5) is 17.1. The third-order valence-corrected chi connectivity index (χ3v) is 8.21. The van der Waals surface area contributed by atoms with Crippen molar-refractivity contribution in [3.63, 3.8) is 0 Å². The van der Waals surface area contributed by atoms with Crippen LogP contribution in [0.5, 0.6) is 11.5 Å². The van der Waals surface area contributed by atoms with E-state index in [1.807, 2.05) is 32.0 Å². The maximum Gasteiger partial charge on any atom is 0.258 e. The minimum absolute atomic E-state index is 0.0833. The van der Waals surface area contributed by atoms with Gasteiger partial charge in [0, 0.05) is 39.3 Å². The van der Waals surface area contributed by atoms with Crippen molar-refractivity contribution in [2.75, 3.05) is 52.8 Å². The van der Waals surface area contributed by atoms with E-state index in [1.165, 1.54) is 30.6 Å². The molecule has 1 aliphatic heterocycles. The summed E-state index contributed by atoms with van der Waals surface area (Å²) in [5.74, 6) is 0.528. The number of likely N-dealkylation sites (N-methyl/N-ethyl adjacent to an activating group) is 1. The summed E-state index contributed by atoms with van der Waals surface area (Å²) in [5, 5.41) is 9.80. The first kappa shape index (κ1) is 26.8. The molecule has 3 atom stereocenters. The minimum atomic E-state index is -3.78. The van der Waals surface area contributed by atoms with E-state index in [-0.39, 0.29) is 29.9 Å². The summed E-state index contributed by atoms with van der Waals surface area (Å²) >= 11 is 0. The fourth-order valence-electron chi connectivity index (χ4n) is 3.99. The summed E-state index contributed by atoms with van der Waals surface area (Å²) in [6, 6.07) is 11.2. The van der Waals surface area contributed by atoms with Crippen molar-refractivity contribution < 1.29 is 27.8 Å². The van der Waals surface area contributed by atoms with Crippen molar-refractivity contribution in [1.82, 2.24) is 9.21 Å². The zero-order chi connectivity index (χ0) is 25.9. The second-order valence-corrected chi connectivity index (χ2v) is 11.2. The van der Waals surface area contributed by atoms with Crippen molar-refractivity contribution in [2.24, 2.45) is 5.92 Å². The van der Waals surface area contributed by atoms with Gasteiger partial charge in [0.15, 0.2) is 0 Å². The fourth-order valence-corrected chi connectivity index (χ4v) is 5.17. The van der Waals surface area contributed by atoms with Gasteiger partial charge in [-0.15, -0.1) is 0 Å². The lowest BCUT2D eigenvalue weighted by Crippen LogP contribution is -2.50. The van der Waals surface area contributed by atoms with Crippen LogP contribution in [0.1, 0.15) is 24.2 Å². The van der Waals surface area contributed by atoms with Gasteiger partial charge in [-0.05, 0) is 49.4 Å². The molecule has 9 nitrogen and oxygen atoms in total. The number of aliphatic hydroxyl groups excluding tert-OH is 1. The lowest BCUT2D eigenvalue weighted by molar-refractivity contribution is 0.0387. The topological polar surface area (TPSA) is 99.6 Å². The van der Waals surface area contributed by atoms with E-state index in [0.717, 1.165) is 5.69 Å². The molecule has 192 valence electrons. The number of rotatable bonds is 8. The van der Waals surface area contributed by atoms with Gasteiger partial charge in [-0.3, -0.25) is 4.79 Å². The number of anilines is 1. The number of carbonyl (C=O) groups excluding carboxylic acids is 1. The molecule has 1 heterocycles. The van der Waals surface area contributed by atoms with Gasteiger partial charge in [-0.25, -0.2) is 8.42 Å². The summed E-state index contributed by atoms with van der Waals surface area (Å²) < 4.78 is 39.2. The monoisotopic (exact) mass is 505 g/mol. The molecule has 1 aliphatic rings. The summed E-state index contributed by atoms with van der Waals surface area (Å²) in [7, 11) is 3.03. The number of methoxy groups -OCH3 is 1. The smallest absolute Gasteiger partial charge is 0.258 e. The highest BCUT2D eigenvalue weighted by Gasteiger charge is 2.35. The number of aliphatic hydroxyl groups is 1. The van der Waals surface area contributed by atoms with Gasteiger partial charge in [0.05, 0.1) is 36.8 Å². The quantitative estimate of drug-likeness (QED) is 0.588. The minimum Gasteiger partial charge on any atom is -0.497 e. The number of fused-ring (bicyclic) bond motifs is 1. The standard InChI is InChI=1S/C25H35N3O6S/c1-17-14-28(18(2)16-29)25(30)22-13-19(26(3)4)7-12-23(22)34-24(17)15-27(5)35(31,32)21-10-8-20(33-6)9-11-21/h7-13,17-18,24,29H,14-16H2,1-6H3/t17-,18+,24+/m1/s1. The molecule has 0 aromatic heterocycles. The number of ether oxygens (including phenoxy) is 2. The molecule has 0 unspecified atom stereocenters. The normalized spacial score (nSPS) is 19.4. The summed E-state index contributed by atoms with van der Waals surface area (Å²) in [6.45, 7) is 3.92. The van der Waals surface area contributed by atoms with Crippen LogP contribution in [0.4, 0.5) is 5.69 Å². The Balaban J connectivity index is 1.95. The zero-order valence-corrected chi connectivity index (χ0v) is 21.9. The Hall–Kier alpha value is -2.82. The molecule has 0 radical (unpaired) electrons. The average molecular weight is 506 g/mol. The highest BCUT2D eigenvalue weighted by Crippen LogP contribution is 2.31. The fraction of sp³-hybridized carbons (Fsp3) is 0.480. The SMILES string of the molecule is COc1ccc(S(=O)(=O)N(C)C[C@@H]2Oc3ccc(N(C)C)cc3C(=O)N([C@@H](C)CO)C[C@H]2C)cc1. The molecule has 0 bridgehead atoms. The molecule has 10 heteroatoms. The van der Waals surface area contributed by atoms with Gasteiger partial charge in [0.25, 0.3) is 5.91 Å². The van der Waals surface area contributed by atoms with Crippen LogP contribution in [-0.2, 0) is 10.0 Å². The molecule has 0 aliphatic carbocycles. The molecule has 2 aromatic carbocycles. The Morgan fingerprint density at radius 3 is 2.40 bits per heavy atom. The van der Waals surface area contributed by atoms with Crippen molar-refractivity contribution in [1.29, 1.82) is 0 Å². The van der Waals surface area contributed by atoms with Crippen LogP contribution in [-0.4, -0.2) is 88.7 Å². The first-order chi connectivity index (χ1) is 16.5. The van der Waals surface area contributed by atoms with Crippen LogP contribution in [0.3, 0.4) is 0 Å². The lowest BCUT2D eigenvalue weighted by Gasteiger charge is -2.38. The molecule has 1 N–H and O–H groups in total. The number of carbonyl (C=O) groups is 1. The van der Waals surface area contributed by atoms with Crippen LogP contribution in [0.25, 0.3) is 0 Å². The second-order valence-electron chi connectivity index (χ2n) is 9.16. The Kier molecular flexibility index (Phi) is 8.30. The number of benzene rings is 2. The number of amides is 1. The molecule has 35 heavy (non-hydrogen) atoms. The van der Waals surface area contributed by atoms with Crippen molar-refractivity contribution >= 4 is 21.6 Å². The zero-order valence-electron chi connectivity index (χ0n) is 21.1. The highest BCUT2D eigenvalue weighted by molar-refractivity contribution is 7.89. The summed E-state index contributed by atoms with van der Waals surface area (Å²) in [5.41, 5.74) is 1.22. The Morgan fingerprint density at radius 2 is 1.83 bits per heavy atom. The predicted molar refractivity (Wildman–Crippen MR) is 135 cm³/mol. The average Bonchev–Trinajstić information content (AvgIpc) is 2.85. The first-order valence-electron chi connectivity index (χ1n) is 11.5. The molecule has 0 spiro atoms. The van der Waals surface area contributed by atoms with Gasteiger partial charge in [0.1, 0.15) is 17.6 Å². The third-order valence-electron chi connectivity index (χ3n) is 6.37. The van der Waals surface area contributed by atoms with Gasteiger partial charge in [0.2, 0.25) is 10.0 Å². The Morgan fingerprint density at radius 1 is 1.17 bits per heavy atom. The predicted octanol–water partition coefficient (Wildman–Crippen LogP) is 2.30. The summed E-state index contributed by atoms with van der Waals surface area (Å²) in [6.07, 6.45) is -0.529. The number of sulfonamides is 1. The number of nitrogens with zero attached hydrogens (tertiary/aromatic N) is 3. The van der Waals surface area contributed by atoms with Crippen LogP contribution >= 0.6 is 0 Å². The van der Waals surface area contributed by atoms with Gasteiger partial charge in [-0.1, -0.05) is 6.92 Å². The van der Waals surface area contributed by atoms with Crippen LogP contribution in [0, 0.1) is 5.92 Å². The number of hydrogen-bond donors (Lipinski definition) is 1. The maximum absolute atomic E-state index is 13.4. The molecule has 0 saturated heterocycles. The van der Waals surface area contributed by atoms with Gasteiger partial charge in [-0.2, -0.15) is 4.31 Å². The molecule has 3 rings (SSSR count). The van der Waals surface area contributed by atoms with E-state index in [1.54, 1.807) is 36.1 Å². The number of hydrogen-bond acceptors (Lipinski definition) is 7. The molecule has 0 fully saturated rings. The molecule has 0 saturated carbocycles. The van der Waals surface area contributed by atoms with Crippen molar-refractivity contribution in [3.8, 4) is 11.5 Å². The van der Waals surface area contributed by atoms with Crippen LogP contribution in [0.2, 0.25) is 0 Å². The Labute approximate surface area is 207 Å². The highest BCUT2D eigenvalue weighted by atomic mass is 32.2. The van der Waals surface area contributed by atoms with Crippen LogP contribution < -0.4 is 14.4 Å². The molecule has 2 aromatic rings. The third kappa shape index (κ3) is 5.71. The van der Waals surface area contributed by atoms with Gasteiger partial charge < -0.3 is 24.4 Å². The van der Waals surface area contributed by atoms with E-state index in [9.17, 15) is 18.3 Å². The van der Waals surface area contributed by atoms with E-state index in [0.29, 0.717) is 23.6 Å². The molecular weight excluding hydrogens is 470 g/mol. The largest absolute Gasteiger partial charge is 0.497 e. The van der Waals surface area contributed by atoms with Crippen molar-refractivity contribution in [3.05, 3.63) is 48.0 Å².